The zero-order chi connectivity index (χ0) is 15.9. The maximum absolute atomic E-state index is 11.5. The molecule has 3 nitrogen and oxygen atoms in total. The van der Waals surface area contributed by atoms with Crippen LogP contribution in [0.3, 0.4) is 0 Å². The van der Waals surface area contributed by atoms with E-state index in [0.717, 1.165) is 11.1 Å². The Morgan fingerprint density at radius 3 is 1.82 bits per heavy atom. The molecule has 2 aromatic carbocycles. The molecule has 0 N–H and O–H groups in total. The number of hydrogen-bond donors (Lipinski definition) is 0. The van der Waals surface area contributed by atoms with Gasteiger partial charge < -0.3 is 9.47 Å². The predicted octanol–water partition coefficient (Wildman–Crippen LogP) is 4.66. The van der Waals surface area contributed by atoms with Crippen LogP contribution in [0.4, 0.5) is 0 Å². The van der Waals surface area contributed by atoms with E-state index in [-0.39, 0.29) is 12.7 Å². The van der Waals surface area contributed by atoms with Crippen molar-refractivity contribution >= 4 is 29.2 Å². The number of esters is 1. The van der Waals surface area contributed by atoms with Crippen molar-refractivity contribution in [2.75, 3.05) is 13.2 Å². The molecule has 22 heavy (non-hydrogen) atoms. The zero-order valence-corrected chi connectivity index (χ0v) is 13.6. The van der Waals surface area contributed by atoms with Crippen molar-refractivity contribution in [1.82, 2.24) is 0 Å². The van der Waals surface area contributed by atoms with Gasteiger partial charge in [0.2, 0.25) is 0 Å². The highest BCUT2D eigenvalue weighted by molar-refractivity contribution is 6.30. The molecule has 0 unspecified atom stereocenters. The number of benzene rings is 2. The quantitative estimate of drug-likeness (QED) is 0.718. The monoisotopic (exact) mass is 338 g/mol. The van der Waals surface area contributed by atoms with Gasteiger partial charge >= 0.3 is 5.97 Å². The summed E-state index contributed by atoms with van der Waals surface area (Å²) in [5, 5.41) is 1.29. The molecule has 5 heteroatoms. The molecule has 0 amide bonds. The summed E-state index contributed by atoms with van der Waals surface area (Å²) in [6, 6.07) is 14.6. The first-order valence-corrected chi connectivity index (χ1v) is 7.64. The zero-order valence-electron chi connectivity index (χ0n) is 12.1. The number of carbonyl (C=O) groups is 1. The molecule has 0 aromatic heterocycles. The SMILES string of the molecule is CCOC(=O)COC(c1ccc(Cl)cc1)c1ccc(Cl)cc1. The van der Waals surface area contributed by atoms with Gasteiger partial charge in [-0.2, -0.15) is 0 Å². The molecule has 0 aliphatic rings. The predicted molar refractivity (Wildman–Crippen MR) is 87.3 cm³/mol. The van der Waals surface area contributed by atoms with Crippen LogP contribution in [0, 0.1) is 0 Å². The third-order valence-electron chi connectivity index (χ3n) is 3.02. The molecule has 0 radical (unpaired) electrons. The molecule has 2 aromatic rings. The summed E-state index contributed by atoms with van der Waals surface area (Å²) in [5.41, 5.74) is 1.80. The van der Waals surface area contributed by atoms with Crippen LogP contribution in [-0.2, 0) is 14.3 Å². The van der Waals surface area contributed by atoms with Crippen molar-refractivity contribution in [3.8, 4) is 0 Å². The molecule has 0 fully saturated rings. The van der Waals surface area contributed by atoms with Crippen molar-refractivity contribution < 1.29 is 14.3 Å². The standard InChI is InChI=1S/C17H16Cl2O3/c1-2-21-16(20)11-22-17(12-3-7-14(18)8-4-12)13-5-9-15(19)10-6-13/h3-10,17H,2,11H2,1H3. The summed E-state index contributed by atoms with van der Waals surface area (Å²) < 4.78 is 10.6. The Balaban J connectivity index is 2.22. The second-order valence-corrected chi connectivity index (χ2v) is 5.47. The van der Waals surface area contributed by atoms with Crippen LogP contribution < -0.4 is 0 Å². The minimum absolute atomic E-state index is 0.121. The van der Waals surface area contributed by atoms with Gasteiger partial charge in [-0.05, 0) is 42.3 Å². The van der Waals surface area contributed by atoms with E-state index < -0.39 is 5.97 Å². The van der Waals surface area contributed by atoms with Gasteiger partial charge in [0, 0.05) is 10.0 Å². The number of carbonyl (C=O) groups excluding carboxylic acids is 1. The van der Waals surface area contributed by atoms with E-state index in [0.29, 0.717) is 16.7 Å². The van der Waals surface area contributed by atoms with E-state index in [9.17, 15) is 4.79 Å². The van der Waals surface area contributed by atoms with E-state index in [1.807, 2.05) is 24.3 Å². The molecule has 0 heterocycles. The Morgan fingerprint density at radius 1 is 0.955 bits per heavy atom. The largest absolute Gasteiger partial charge is 0.464 e. The van der Waals surface area contributed by atoms with Gasteiger partial charge in [0.25, 0.3) is 0 Å². The van der Waals surface area contributed by atoms with Gasteiger partial charge in [0.15, 0.2) is 0 Å². The summed E-state index contributed by atoms with van der Waals surface area (Å²) >= 11 is 11.8. The van der Waals surface area contributed by atoms with Gasteiger partial charge in [-0.15, -0.1) is 0 Å². The number of halogens is 2. The lowest BCUT2D eigenvalue weighted by Crippen LogP contribution is -2.16. The second-order valence-electron chi connectivity index (χ2n) is 4.60. The van der Waals surface area contributed by atoms with Crippen molar-refractivity contribution in [3.05, 3.63) is 69.7 Å². The average Bonchev–Trinajstić information content (AvgIpc) is 2.51. The summed E-state index contributed by atoms with van der Waals surface area (Å²) in [6.45, 7) is 1.96. The fraction of sp³-hybridized carbons (Fsp3) is 0.235. The molecule has 116 valence electrons. The molecular weight excluding hydrogens is 323 g/mol. The van der Waals surface area contributed by atoms with E-state index in [2.05, 4.69) is 0 Å². The maximum Gasteiger partial charge on any atom is 0.332 e. The van der Waals surface area contributed by atoms with Gasteiger partial charge in [-0.3, -0.25) is 0 Å². The minimum atomic E-state index is -0.393. The van der Waals surface area contributed by atoms with Crippen LogP contribution in [0.5, 0.6) is 0 Å². The van der Waals surface area contributed by atoms with Crippen molar-refractivity contribution in [1.29, 1.82) is 0 Å². The molecule has 0 saturated carbocycles. The molecule has 0 spiro atoms. The summed E-state index contributed by atoms with van der Waals surface area (Å²) in [5.74, 6) is -0.393. The summed E-state index contributed by atoms with van der Waals surface area (Å²) in [7, 11) is 0. The Kier molecular flexibility index (Phi) is 6.25. The van der Waals surface area contributed by atoms with Crippen LogP contribution in [0.1, 0.15) is 24.2 Å². The maximum atomic E-state index is 11.5. The molecule has 0 atom stereocenters. The summed E-state index contributed by atoms with van der Waals surface area (Å²) in [4.78, 5) is 11.5. The van der Waals surface area contributed by atoms with Crippen LogP contribution in [0.2, 0.25) is 10.0 Å². The molecule has 2 rings (SSSR count). The fourth-order valence-electron chi connectivity index (χ4n) is 2.01. The molecule has 0 bridgehead atoms. The van der Waals surface area contributed by atoms with Crippen LogP contribution in [0.25, 0.3) is 0 Å². The molecular formula is C17H16Cl2O3. The fourth-order valence-corrected chi connectivity index (χ4v) is 2.27. The third-order valence-corrected chi connectivity index (χ3v) is 3.52. The Morgan fingerprint density at radius 2 is 1.41 bits per heavy atom. The van der Waals surface area contributed by atoms with E-state index in [4.69, 9.17) is 32.7 Å². The van der Waals surface area contributed by atoms with Gasteiger partial charge in [0.05, 0.1) is 6.61 Å². The normalized spacial score (nSPS) is 10.7. The Bertz CT molecular complexity index is 563. The molecule has 0 aliphatic heterocycles. The Hall–Kier alpha value is -1.55. The average molecular weight is 339 g/mol. The van der Waals surface area contributed by atoms with Crippen LogP contribution in [0.15, 0.2) is 48.5 Å². The first-order valence-electron chi connectivity index (χ1n) is 6.88. The van der Waals surface area contributed by atoms with Crippen molar-refractivity contribution in [3.63, 3.8) is 0 Å². The molecule has 0 saturated heterocycles. The number of rotatable bonds is 6. The highest BCUT2D eigenvalue weighted by Crippen LogP contribution is 2.28. The highest BCUT2D eigenvalue weighted by Gasteiger charge is 2.17. The minimum Gasteiger partial charge on any atom is -0.464 e. The van der Waals surface area contributed by atoms with E-state index in [1.54, 1.807) is 31.2 Å². The lowest BCUT2D eigenvalue weighted by molar-refractivity contribution is -0.149. The smallest absolute Gasteiger partial charge is 0.332 e. The van der Waals surface area contributed by atoms with Crippen LogP contribution >= 0.6 is 23.2 Å². The van der Waals surface area contributed by atoms with Crippen LogP contribution in [-0.4, -0.2) is 19.2 Å². The molecule has 0 aliphatic carbocycles. The first-order chi connectivity index (χ1) is 10.6. The van der Waals surface area contributed by atoms with Crippen molar-refractivity contribution in [2.45, 2.75) is 13.0 Å². The number of ether oxygens (including phenoxy) is 2. The van der Waals surface area contributed by atoms with Crippen molar-refractivity contribution in [2.24, 2.45) is 0 Å². The third kappa shape index (κ3) is 4.73. The first kappa shape index (κ1) is 16.8. The van der Waals surface area contributed by atoms with Gasteiger partial charge in [-0.25, -0.2) is 4.79 Å². The van der Waals surface area contributed by atoms with Gasteiger partial charge in [-0.1, -0.05) is 47.5 Å². The lowest BCUT2D eigenvalue weighted by atomic mass is 10.0. The number of hydrogen-bond acceptors (Lipinski definition) is 3. The van der Waals surface area contributed by atoms with Gasteiger partial charge in [0.1, 0.15) is 12.7 Å². The topological polar surface area (TPSA) is 35.5 Å². The highest BCUT2D eigenvalue weighted by atomic mass is 35.5. The van der Waals surface area contributed by atoms with E-state index in [1.165, 1.54) is 0 Å². The summed E-state index contributed by atoms with van der Waals surface area (Å²) in [6.07, 6.45) is -0.390. The Labute approximate surface area is 139 Å². The van der Waals surface area contributed by atoms with E-state index >= 15 is 0 Å². The lowest BCUT2D eigenvalue weighted by Gasteiger charge is -2.18. The second kappa shape index (κ2) is 8.18.